The van der Waals surface area contributed by atoms with Gasteiger partial charge in [0.05, 0.1) is 24.2 Å². The van der Waals surface area contributed by atoms with Gasteiger partial charge in [0.2, 0.25) is 11.8 Å². The third-order valence-corrected chi connectivity index (χ3v) is 3.25. The molecule has 0 aromatic carbocycles. The monoisotopic (exact) mass is 281 g/mol. The Bertz CT molecular complexity index is 482. The number of anilines is 2. The maximum absolute atomic E-state index is 11.2. The van der Waals surface area contributed by atoms with E-state index in [9.17, 15) is 10.1 Å². The summed E-state index contributed by atoms with van der Waals surface area (Å²) in [6, 6.07) is 0.104. The van der Waals surface area contributed by atoms with Crippen molar-refractivity contribution in [3.05, 3.63) is 16.3 Å². The van der Waals surface area contributed by atoms with Crippen LogP contribution in [0, 0.1) is 10.1 Å². The summed E-state index contributed by atoms with van der Waals surface area (Å²) in [7, 11) is 0. The van der Waals surface area contributed by atoms with Crippen LogP contribution in [0.25, 0.3) is 0 Å². The molecule has 8 nitrogen and oxygen atoms in total. The van der Waals surface area contributed by atoms with Gasteiger partial charge in [-0.2, -0.15) is 4.98 Å². The fourth-order valence-electron chi connectivity index (χ4n) is 2.22. The highest BCUT2D eigenvalue weighted by Gasteiger charge is 2.29. The lowest BCUT2D eigenvalue weighted by Crippen LogP contribution is -2.46. The summed E-state index contributed by atoms with van der Waals surface area (Å²) in [4.78, 5) is 21.0. The number of rotatable bonds is 5. The number of nitrogens with one attached hydrogen (secondary N) is 1. The van der Waals surface area contributed by atoms with Crippen LogP contribution in [-0.2, 0) is 4.74 Å². The molecule has 0 bridgehead atoms. The fraction of sp³-hybridized carbons (Fsp3) is 0.667. The Morgan fingerprint density at radius 3 is 3.05 bits per heavy atom. The minimum atomic E-state index is -0.437. The molecule has 1 saturated heterocycles. The highest BCUT2D eigenvalue weighted by Crippen LogP contribution is 2.29. The smallest absolute Gasteiger partial charge is 0.329 e. The molecule has 0 spiro atoms. The van der Waals surface area contributed by atoms with Crippen molar-refractivity contribution in [1.82, 2.24) is 9.97 Å². The number of morpholine rings is 1. The van der Waals surface area contributed by atoms with Crippen LogP contribution in [-0.4, -0.2) is 47.2 Å². The number of aromatic nitrogens is 2. The molecule has 1 N–H and O–H groups in total. The molecule has 1 aromatic heterocycles. The van der Waals surface area contributed by atoms with Crippen LogP contribution < -0.4 is 10.2 Å². The van der Waals surface area contributed by atoms with E-state index in [1.54, 1.807) is 0 Å². The van der Waals surface area contributed by atoms with Gasteiger partial charge >= 0.3 is 5.69 Å². The van der Waals surface area contributed by atoms with Gasteiger partial charge in [0.15, 0.2) is 0 Å². The molecule has 2 rings (SSSR count). The minimum absolute atomic E-state index is 0.0630. The Morgan fingerprint density at radius 1 is 1.60 bits per heavy atom. The van der Waals surface area contributed by atoms with E-state index in [0.717, 1.165) is 6.42 Å². The number of hydrogen-bond donors (Lipinski definition) is 1. The van der Waals surface area contributed by atoms with E-state index < -0.39 is 4.92 Å². The Labute approximate surface area is 117 Å². The molecule has 1 fully saturated rings. The van der Waals surface area contributed by atoms with Gasteiger partial charge < -0.3 is 15.0 Å². The predicted molar refractivity (Wildman–Crippen MR) is 75.1 cm³/mol. The van der Waals surface area contributed by atoms with Gasteiger partial charge in [-0.1, -0.05) is 6.92 Å². The van der Waals surface area contributed by atoms with E-state index in [2.05, 4.69) is 15.3 Å². The summed E-state index contributed by atoms with van der Waals surface area (Å²) in [5.74, 6) is 0.783. The maximum atomic E-state index is 11.2. The second-order valence-electron chi connectivity index (χ2n) is 4.52. The fourth-order valence-corrected chi connectivity index (χ4v) is 2.22. The summed E-state index contributed by atoms with van der Waals surface area (Å²) in [6.07, 6.45) is 2.11. The number of nitro groups is 1. The maximum Gasteiger partial charge on any atom is 0.329 e. The lowest BCUT2D eigenvalue weighted by Gasteiger charge is -2.35. The van der Waals surface area contributed by atoms with E-state index >= 15 is 0 Å². The van der Waals surface area contributed by atoms with Crippen molar-refractivity contribution in [2.75, 3.05) is 36.5 Å². The molecule has 20 heavy (non-hydrogen) atoms. The molecular formula is C12H19N5O3. The van der Waals surface area contributed by atoms with Crippen molar-refractivity contribution in [2.24, 2.45) is 0 Å². The van der Waals surface area contributed by atoms with Crippen LogP contribution in [0.4, 0.5) is 17.5 Å². The molecular weight excluding hydrogens is 262 g/mol. The van der Waals surface area contributed by atoms with Gasteiger partial charge in [0.1, 0.15) is 6.20 Å². The van der Waals surface area contributed by atoms with Crippen LogP contribution in [0.3, 0.4) is 0 Å². The summed E-state index contributed by atoms with van der Waals surface area (Å²) in [5.41, 5.74) is -0.0630. The van der Waals surface area contributed by atoms with Crippen molar-refractivity contribution in [3.8, 4) is 0 Å². The Hall–Kier alpha value is -1.96. The number of ether oxygens (including phenoxy) is 1. The van der Waals surface area contributed by atoms with Gasteiger partial charge in [-0.05, 0) is 13.3 Å². The molecule has 1 unspecified atom stereocenters. The second kappa shape index (κ2) is 6.47. The molecule has 2 heterocycles. The molecule has 1 aliphatic rings. The molecule has 0 saturated carbocycles. The van der Waals surface area contributed by atoms with E-state index in [1.165, 1.54) is 6.20 Å². The highest BCUT2D eigenvalue weighted by atomic mass is 16.6. The molecule has 1 atom stereocenters. The SMILES string of the molecule is CCNc1ncc([N+](=O)[O-])c(N2CCOCC2CC)n1. The zero-order valence-electron chi connectivity index (χ0n) is 11.7. The van der Waals surface area contributed by atoms with Gasteiger partial charge in [-0.15, -0.1) is 0 Å². The molecule has 110 valence electrons. The normalized spacial score (nSPS) is 18.9. The largest absolute Gasteiger partial charge is 0.377 e. The van der Waals surface area contributed by atoms with E-state index in [-0.39, 0.29) is 11.7 Å². The van der Waals surface area contributed by atoms with Crippen molar-refractivity contribution in [2.45, 2.75) is 26.3 Å². The Morgan fingerprint density at radius 2 is 2.40 bits per heavy atom. The number of nitrogens with zero attached hydrogens (tertiary/aromatic N) is 4. The van der Waals surface area contributed by atoms with Crippen molar-refractivity contribution in [1.29, 1.82) is 0 Å². The third-order valence-electron chi connectivity index (χ3n) is 3.25. The Kier molecular flexibility index (Phi) is 4.67. The first-order chi connectivity index (χ1) is 9.67. The van der Waals surface area contributed by atoms with Gasteiger partial charge in [-0.25, -0.2) is 4.98 Å². The summed E-state index contributed by atoms with van der Waals surface area (Å²) < 4.78 is 5.43. The van der Waals surface area contributed by atoms with Crippen LogP contribution in [0.2, 0.25) is 0 Å². The molecule has 0 radical (unpaired) electrons. The van der Waals surface area contributed by atoms with Crippen molar-refractivity contribution in [3.63, 3.8) is 0 Å². The molecule has 1 aliphatic heterocycles. The van der Waals surface area contributed by atoms with E-state index in [0.29, 0.717) is 38.1 Å². The average molecular weight is 281 g/mol. The van der Waals surface area contributed by atoms with Crippen molar-refractivity contribution >= 4 is 17.5 Å². The molecule has 0 amide bonds. The predicted octanol–water partition coefficient (Wildman–Crippen LogP) is 1.43. The lowest BCUT2D eigenvalue weighted by molar-refractivity contribution is -0.384. The Balaban J connectivity index is 2.39. The van der Waals surface area contributed by atoms with Crippen LogP contribution in [0.15, 0.2) is 6.20 Å². The quantitative estimate of drug-likeness (QED) is 0.644. The van der Waals surface area contributed by atoms with Crippen LogP contribution in [0.1, 0.15) is 20.3 Å². The van der Waals surface area contributed by atoms with Crippen LogP contribution in [0.5, 0.6) is 0 Å². The zero-order chi connectivity index (χ0) is 14.5. The van der Waals surface area contributed by atoms with Gasteiger partial charge in [0, 0.05) is 13.1 Å². The van der Waals surface area contributed by atoms with Gasteiger partial charge in [0.25, 0.3) is 0 Å². The van der Waals surface area contributed by atoms with Gasteiger partial charge in [-0.3, -0.25) is 10.1 Å². The first-order valence-electron chi connectivity index (χ1n) is 6.77. The topological polar surface area (TPSA) is 93.4 Å². The third kappa shape index (κ3) is 2.96. The minimum Gasteiger partial charge on any atom is -0.377 e. The summed E-state index contributed by atoms with van der Waals surface area (Å²) in [6.45, 7) is 6.33. The molecule has 1 aromatic rings. The first kappa shape index (κ1) is 14.4. The van der Waals surface area contributed by atoms with E-state index in [4.69, 9.17) is 4.74 Å². The van der Waals surface area contributed by atoms with Crippen LogP contribution >= 0.6 is 0 Å². The summed E-state index contributed by atoms with van der Waals surface area (Å²) >= 11 is 0. The second-order valence-corrected chi connectivity index (χ2v) is 4.52. The number of hydrogen-bond acceptors (Lipinski definition) is 7. The average Bonchev–Trinajstić information content (AvgIpc) is 2.47. The molecule has 0 aliphatic carbocycles. The first-order valence-corrected chi connectivity index (χ1v) is 6.77. The zero-order valence-corrected chi connectivity index (χ0v) is 11.7. The lowest BCUT2D eigenvalue weighted by atomic mass is 10.1. The standard InChI is InChI=1S/C12H19N5O3/c1-3-9-8-20-6-5-16(9)11-10(17(18)19)7-14-12(15-11)13-4-2/h7,9H,3-6,8H2,1-2H3,(H,13,14,15). The molecule has 8 heteroatoms. The van der Waals surface area contributed by atoms with E-state index in [1.807, 2.05) is 18.7 Å². The highest BCUT2D eigenvalue weighted by molar-refractivity contribution is 5.59. The summed E-state index contributed by atoms with van der Waals surface area (Å²) in [5, 5.41) is 14.2. The van der Waals surface area contributed by atoms with Crippen molar-refractivity contribution < 1.29 is 9.66 Å².